The first-order chi connectivity index (χ1) is 11.5. The number of aryl methyl sites for hydroxylation is 2. The summed E-state index contributed by atoms with van der Waals surface area (Å²) in [7, 11) is 2.04. The van der Waals surface area contributed by atoms with Gasteiger partial charge in [0, 0.05) is 28.2 Å². The van der Waals surface area contributed by atoms with E-state index in [1.807, 2.05) is 11.7 Å². The molecule has 1 spiro atoms. The van der Waals surface area contributed by atoms with E-state index in [0.29, 0.717) is 0 Å². The van der Waals surface area contributed by atoms with E-state index in [9.17, 15) is 0 Å². The van der Waals surface area contributed by atoms with Crippen molar-refractivity contribution in [2.75, 3.05) is 6.54 Å². The van der Waals surface area contributed by atoms with Crippen LogP contribution in [0.15, 0.2) is 27.7 Å². The SMILES string of the molecule is Cc1nn(C)c2c1CC1(CC2)Cc2ccc(Br)cc2C1=NCC#N. The standard InChI is InChI=1S/C19H19BrN4/c1-12-16-11-19(6-5-17(16)24(2)23-12)10-13-3-4-14(20)9-15(13)18(19)22-8-7-21/h3-4,9H,5-6,8,10-11H2,1-2H3. The zero-order chi connectivity index (χ0) is 16.9. The van der Waals surface area contributed by atoms with Crippen molar-refractivity contribution in [3.8, 4) is 6.07 Å². The molecule has 24 heavy (non-hydrogen) atoms. The Bertz CT molecular complexity index is 903. The molecule has 4 nitrogen and oxygen atoms in total. The normalized spacial score (nSPS) is 23.3. The van der Waals surface area contributed by atoms with Gasteiger partial charge in [0.25, 0.3) is 0 Å². The molecular formula is C19H19BrN4. The van der Waals surface area contributed by atoms with Gasteiger partial charge in [-0.25, -0.2) is 0 Å². The summed E-state index contributed by atoms with van der Waals surface area (Å²) in [6, 6.07) is 8.64. The lowest BCUT2D eigenvalue weighted by molar-refractivity contribution is 0.365. The highest BCUT2D eigenvalue weighted by atomic mass is 79.9. The predicted octanol–water partition coefficient (Wildman–Crippen LogP) is 3.54. The number of rotatable bonds is 1. The zero-order valence-electron chi connectivity index (χ0n) is 13.9. The summed E-state index contributed by atoms with van der Waals surface area (Å²) >= 11 is 3.58. The molecule has 0 radical (unpaired) electrons. The van der Waals surface area contributed by atoms with E-state index in [2.05, 4.69) is 52.2 Å². The minimum Gasteiger partial charge on any atom is -0.273 e. The van der Waals surface area contributed by atoms with Gasteiger partial charge in [-0.05, 0) is 55.9 Å². The van der Waals surface area contributed by atoms with Crippen molar-refractivity contribution in [2.24, 2.45) is 17.5 Å². The molecule has 1 heterocycles. The van der Waals surface area contributed by atoms with Crippen molar-refractivity contribution < 1.29 is 0 Å². The van der Waals surface area contributed by atoms with Gasteiger partial charge in [-0.15, -0.1) is 0 Å². The van der Waals surface area contributed by atoms with E-state index in [4.69, 9.17) is 10.3 Å². The molecule has 1 atom stereocenters. The number of hydrogen-bond donors (Lipinski definition) is 0. The van der Waals surface area contributed by atoms with Gasteiger partial charge in [0.2, 0.25) is 0 Å². The van der Waals surface area contributed by atoms with Gasteiger partial charge in [0.05, 0.1) is 17.5 Å². The molecule has 122 valence electrons. The summed E-state index contributed by atoms with van der Waals surface area (Å²) < 4.78 is 3.10. The maximum absolute atomic E-state index is 9.04. The van der Waals surface area contributed by atoms with Crippen LogP contribution in [0.25, 0.3) is 0 Å². The Kier molecular flexibility index (Phi) is 3.61. The molecule has 4 rings (SSSR count). The third kappa shape index (κ3) is 2.24. The number of fused-ring (bicyclic) bond motifs is 2. The van der Waals surface area contributed by atoms with Gasteiger partial charge in [0.1, 0.15) is 6.54 Å². The summed E-state index contributed by atoms with van der Waals surface area (Å²) in [4.78, 5) is 4.72. The Morgan fingerprint density at radius 1 is 1.42 bits per heavy atom. The van der Waals surface area contributed by atoms with E-state index < -0.39 is 0 Å². The van der Waals surface area contributed by atoms with Crippen LogP contribution in [0.5, 0.6) is 0 Å². The van der Waals surface area contributed by atoms with Crippen LogP contribution in [0.2, 0.25) is 0 Å². The summed E-state index contributed by atoms with van der Waals surface area (Å²) in [5.74, 6) is 0. The smallest absolute Gasteiger partial charge is 0.126 e. The van der Waals surface area contributed by atoms with Crippen LogP contribution in [-0.2, 0) is 26.3 Å². The fourth-order valence-corrected chi connectivity index (χ4v) is 4.82. The second-order valence-corrected chi connectivity index (χ2v) is 7.81. The van der Waals surface area contributed by atoms with E-state index >= 15 is 0 Å². The summed E-state index contributed by atoms with van der Waals surface area (Å²) in [6.07, 6.45) is 4.06. The Hall–Kier alpha value is -1.93. The highest BCUT2D eigenvalue weighted by molar-refractivity contribution is 9.10. The molecule has 1 unspecified atom stereocenters. The molecule has 5 heteroatoms. The second kappa shape index (κ2) is 5.56. The molecule has 2 aliphatic carbocycles. The highest BCUT2D eigenvalue weighted by Gasteiger charge is 2.46. The number of benzene rings is 1. The summed E-state index contributed by atoms with van der Waals surface area (Å²) in [5, 5.41) is 13.7. The number of hydrogen-bond acceptors (Lipinski definition) is 3. The van der Waals surface area contributed by atoms with Crippen LogP contribution in [0.4, 0.5) is 0 Å². The summed E-state index contributed by atoms with van der Waals surface area (Å²) in [5.41, 5.74) is 7.55. The molecule has 0 saturated heterocycles. The molecule has 2 aliphatic rings. The van der Waals surface area contributed by atoms with Gasteiger partial charge in [-0.1, -0.05) is 22.0 Å². The van der Waals surface area contributed by atoms with Crippen LogP contribution < -0.4 is 0 Å². The monoisotopic (exact) mass is 382 g/mol. The minimum absolute atomic E-state index is 0.0147. The largest absolute Gasteiger partial charge is 0.273 e. The predicted molar refractivity (Wildman–Crippen MR) is 97.3 cm³/mol. The van der Waals surface area contributed by atoms with Gasteiger partial charge < -0.3 is 0 Å². The molecule has 0 amide bonds. The van der Waals surface area contributed by atoms with Crippen molar-refractivity contribution in [3.63, 3.8) is 0 Å². The van der Waals surface area contributed by atoms with Gasteiger partial charge in [-0.2, -0.15) is 10.4 Å². The number of nitrogens with zero attached hydrogens (tertiary/aromatic N) is 4. The van der Waals surface area contributed by atoms with Crippen LogP contribution >= 0.6 is 15.9 Å². The average molecular weight is 383 g/mol. The fourth-order valence-electron chi connectivity index (χ4n) is 4.45. The lowest BCUT2D eigenvalue weighted by Crippen LogP contribution is -2.36. The second-order valence-electron chi connectivity index (χ2n) is 6.89. The quantitative estimate of drug-likeness (QED) is 0.708. The highest BCUT2D eigenvalue weighted by Crippen LogP contribution is 2.47. The Morgan fingerprint density at radius 3 is 3.04 bits per heavy atom. The van der Waals surface area contributed by atoms with Crippen LogP contribution in [0.3, 0.4) is 0 Å². The first-order valence-corrected chi connectivity index (χ1v) is 9.05. The average Bonchev–Trinajstić information content (AvgIpc) is 3.00. The molecule has 1 aromatic heterocycles. The molecule has 0 N–H and O–H groups in total. The number of aliphatic imine (C=N–C) groups is 1. The lowest BCUT2D eigenvalue weighted by Gasteiger charge is -2.34. The zero-order valence-corrected chi connectivity index (χ0v) is 15.5. The molecule has 1 aromatic carbocycles. The Balaban J connectivity index is 1.83. The minimum atomic E-state index is 0.0147. The Labute approximate surface area is 150 Å². The van der Waals surface area contributed by atoms with E-state index in [-0.39, 0.29) is 12.0 Å². The number of aromatic nitrogens is 2. The van der Waals surface area contributed by atoms with Gasteiger partial charge in [0.15, 0.2) is 0 Å². The van der Waals surface area contributed by atoms with E-state index in [1.165, 1.54) is 22.4 Å². The molecule has 2 aromatic rings. The number of nitriles is 1. The summed E-state index contributed by atoms with van der Waals surface area (Å²) in [6.45, 7) is 2.32. The topological polar surface area (TPSA) is 54.0 Å². The third-order valence-electron chi connectivity index (χ3n) is 5.50. The first kappa shape index (κ1) is 15.6. The van der Waals surface area contributed by atoms with Crippen molar-refractivity contribution in [2.45, 2.75) is 32.6 Å². The fraction of sp³-hybridized carbons (Fsp3) is 0.421. The third-order valence-corrected chi connectivity index (χ3v) is 5.99. The van der Waals surface area contributed by atoms with E-state index in [1.54, 1.807) is 0 Å². The van der Waals surface area contributed by atoms with Crippen LogP contribution in [0, 0.1) is 23.7 Å². The molecule has 0 fully saturated rings. The first-order valence-electron chi connectivity index (χ1n) is 8.26. The maximum atomic E-state index is 9.04. The number of halogens is 1. The van der Waals surface area contributed by atoms with Crippen molar-refractivity contribution in [3.05, 3.63) is 50.8 Å². The van der Waals surface area contributed by atoms with Crippen LogP contribution in [0.1, 0.15) is 34.5 Å². The van der Waals surface area contributed by atoms with Gasteiger partial charge in [-0.3, -0.25) is 9.67 Å². The van der Waals surface area contributed by atoms with Crippen molar-refractivity contribution >= 4 is 21.6 Å². The maximum Gasteiger partial charge on any atom is 0.126 e. The van der Waals surface area contributed by atoms with Gasteiger partial charge >= 0.3 is 0 Å². The molecular weight excluding hydrogens is 364 g/mol. The Morgan fingerprint density at radius 2 is 2.25 bits per heavy atom. The molecule has 0 saturated carbocycles. The molecule has 0 bridgehead atoms. The van der Waals surface area contributed by atoms with Crippen molar-refractivity contribution in [1.29, 1.82) is 5.26 Å². The lowest BCUT2D eigenvalue weighted by atomic mass is 9.69. The van der Waals surface area contributed by atoms with Crippen LogP contribution in [-0.4, -0.2) is 22.0 Å². The van der Waals surface area contributed by atoms with Crippen molar-refractivity contribution in [1.82, 2.24) is 9.78 Å². The molecule has 0 aliphatic heterocycles. The van der Waals surface area contributed by atoms with E-state index in [0.717, 1.165) is 41.6 Å².